The molecule has 0 aliphatic rings. The number of benzene rings is 2. The second-order valence-corrected chi connectivity index (χ2v) is 5.32. The molecular weight excluding hydrogens is 355 g/mol. The Hall–Kier alpha value is -1.56. The Labute approximate surface area is 125 Å². The highest BCUT2D eigenvalue weighted by Crippen LogP contribution is 2.21. The van der Waals surface area contributed by atoms with Crippen molar-refractivity contribution in [2.75, 3.05) is 0 Å². The molecule has 2 aromatic carbocycles. The first kappa shape index (κ1) is 13.9. The van der Waals surface area contributed by atoms with Gasteiger partial charge in [0.25, 0.3) is 0 Å². The number of carbonyl (C=O) groups is 1. The predicted octanol–water partition coefficient (Wildman–Crippen LogP) is 3.78. The molecule has 3 nitrogen and oxygen atoms in total. The maximum absolute atomic E-state index is 11.3. The van der Waals surface area contributed by atoms with E-state index in [1.54, 1.807) is 37.3 Å². The van der Waals surface area contributed by atoms with Crippen LogP contribution in [0.5, 0.6) is 11.5 Å². The third-order valence-electron chi connectivity index (χ3n) is 2.64. The monoisotopic (exact) mass is 368 g/mol. The highest BCUT2D eigenvalue weighted by molar-refractivity contribution is 14.1. The van der Waals surface area contributed by atoms with E-state index in [1.807, 2.05) is 12.1 Å². The van der Waals surface area contributed by atoms with Gasteiger partial charge in [0.15, 0.2) is 5.78 Å². The van der Waals surface area contributed by atoms with Gasteiger partial charge in [-0.05, 0) is 65.4 Å². The highest BCUT2D eigenvalue weighted by atomic mass is 127. The fourth-order valence-corrected chi connectivity index (χ4v) is 2.55. The minimum absolute atomic E-state index is 0.0453. The largest absolute Gasteiger partial charge is 0.508 e. The van der Waals surface area contributed by atoms with Crippen LogP contribution in [-0.4, -0.2) is 10.9 Å². The van der Waals surface area contributed by atoms with E-state index in [4.69, 9.17) is 4.74 Å². The van der Waals surface area contributed by atoms with E-state index in [-0.39, 0.29) is 11.5 Å². The first-order valence-electron chi connectivity index (χ1n) is 5.77. The summed E-state index contributed by atoms with van der Waals surface area (Å²) < 4.78 is 6.51. The van der Waals surface area contributed by atoms with Crippen LogP contribution in [0.25, 0.3) is 0 Å². The normalized spacial score (nSPS) is 10.2. The lowest BCUT2D eigenvalue weighted by molar-refractivity contribution is 0.101. The quantitative estimate of drug-likeness (QED) is 0.660. The summed E-state index contributed by atoms with van der Waals surface area (Å²) in [7, 11) is 0. The zero-order chi connectivity index (χ0) is 13.8. The summed E-state index contributed by atoms with van der Waals surface area (Å²) in [5, 5.41) is 9.36. The molecule has 0 aliphatic carbocycles. The number of aromatic hydroxyl groups is 1. The lowest BCUT2D eigenvalue weighted by Gasteiger charge is -2.08. The van der Waals surface area contributed by atoms with E-state index < -0.39 is 0 Å². The molecule has 0 aromatic heterocycles. The zero-order valence-electron chi connectivity index (χ0n) is 10.4. The first-order chi connectivity index (χ1) is 9.06. The van der Waals surface area contributed by atoms with Crippen LogP contribution in [0.1, 0.15) is 22.8 Å². The molecule has 2 rings (SSSR count). The Balaban J connectivity index is 2.08. The number of phenolic OH excluding ortho intramolecular Hbond substituents is 1. The molecule has 1 N–H and O–H groups in total. The molecule has 0 spiro atoms. The molecule has 0 saturated carbocycles. The minimum Gasteiger partial charge on any atom is -0.508 e. The summed E-state index contributed by atoms with van der Waals surface area (Å²) in [5.74, 6) is 0.976. The number of rotatable bonds is 4. The molecule has 4 heteroatoms. The van der Waals surface area contributed by atoms with Crippen LogP contribution in [0.4, 0.5) is 0 Å². The van der Waals surface area contributed by atoms with Crippen molar-refractivity contribution >= 4 is 28.4 Å². The molecule has 0 atom stereocenters. The second kappa shape index (κ2) is 6.06. The molecule has 98 valence electrons. The van der Waals surface area contributed by atoms with Crippen LogP contribution in [0.2, 0.25) is 0 Å². The molecule has 0 bridgehead atoms. The lowest BCUT2D eigenvalue weighted by Crippen LogP contribution is -1.99. The molecule has 0 amide bonds. The van der Waals surface area contributed by atoms with E-state index in [0.29, 0.717) is 17.9 Å². The second-order valence-electron chi connectivity index (χ2n) is 4.16. The maximum Gasteiger partial charge on any atom is 0.160 e. The molecule has 0 aliphatic heterocycles. The number of halogens is 1. The van der Waals surface area contributed by atoms with Gasteiger partial charge in [-0.3, -0.25) is 4.79 Å². The summed E-state index contributed by atoms with van der Waals surface area (Å²) in [6, 6.07) is 12.3. The predicted molar refractivity (Wildman–Crippen MR) is 81.6 cm³/mol. The third-order valence-corrected chi connectivity index (χ3v) is 3.53. The van der Waals surface area contributed by atoms with Crippen molar-refractivity contribution in [2.45, 2.75) is 13.5 Å². The number of phenols is 1. The van der Waals surface area contributed by atoms with Crippen LogP contribution in [0.15, 0.2) is 42.5 Å². The fourth-order valence-electron chi connectivity index (χ4n) is 1.68. The van der Waals surface area contributed by atoms with Crippen molar-refractivity contribution in [3.8, 4) is 11.5 Å². The average molecular weight is 368 g/mol. The molecule has 0 heterocycles. The number of hydrogen-bond donors (Lipinski definition) is 1. The van der Waals surface area contributed by atoms with Crippen LogP contribution >= 0.6 is 22.6 Å². The zero-order valence-corrected chi connectivity index (χ0v) is 12.5. The summed E-state index contributed by atoms with van der Waals surface area (Å²) in [6.07, 6.45) is 0. The van der Waals surface area contributed by atoms with Crippen molar-refractivity contribution < 1.29 is 14.6 Å². The van der Waals surface area contributed by atoms with Gasteiger partial charge in [0.05, 0.1) is 0 Å². The van der Waals surface area contributed by atoms with Crippen molar-refractivity contribution in [3.63, 3.8) is 0 Å². The smallest absolute Gasteiger partial charge is 0.160 e. The third kappa shape index (κ3) is 3.70. The van der Waals surface area contributed by atoms with E-state index in [1.165, 1.54) is 0 Å². The van der Waals surface area contributed by atoms with Gasteiger partial charge >= 0.3 is 0 Å². The van der Waals surface area contributed by atoms with Gasteiger partial charge in [-0.2, -0.15) is 0 Å². The van der Waals surface area contributed by atoms with Crippen molar-refractivity contribution in [1.82, 2.24) is 0 Å². The summed E-state index contributed by atoms with van der Waals surface area (Å²) in [4.78, 5) is 11.3. The first-order valence-corrected chi connectivity index (χ1v) is 6.85. The SMILES string of the molecule is CC(=O)c1ccc(OCc2cccc(O)c2)cc1I. The van der Waals surface area contributed by atoms with E-state index >= 15 is 0 Å². The average Bonchev–Trinajstić information content (AvgIpc) is 2.36. The summed E-state index contributed by atoms with van der Waals surface area (Å²) >= 11 is 2.12. The van der Waals surface area contributed by atoms with Crippen LogP contribution in [0.3, 0.4) is 0 Å². The molecule has 0 radical (unpaired) electrons. The standard InChI is InChI=1S/C15H13IO3/c1-10(17)14-6-5-13(8-15(14)16)19-9-11-3-2-4-12(18)7-11/h2-8,18H,9H2,1H3. The molecular formula is C15H13IO3. The van der Waals surface area contributed by atoms with Crippen molar-refractivity contribution in [1.29, 1.82) is 0 Å². The lowest BCUT2D eigenvalue weighted by atomic mass is 10.1. The Morgan fingerprint density at radius 1 is 1.26 bits per heavy atom. The fraction of sp³-hybridized carbons (Fsp3) is 0.133. The van der Waals surface area contributed by atoms with Gasteiger partial charge < -0.3 is 9.84 Å². The van der Waals surface area contributed by atoms with E-state index in [2.05, 4.69) is 22.6 Å². The van der Waals surface area contributed by atoms with Gasteiger partial charge in [0.2, 0.25) is 0 Å². The van der Waals surface area contributed by atoms with Crippen molar-refractivity contribution in [3.05, 3.63) is 57.2 Å². The molecule has 0 saturated heterocycles. The van der Waals surface area contributed by atoms with Gasteiger partial charge in [-0.15, -0.1) is 0 Å². The van der Waals surface area contributed by atoms with Gasteiger partial charge in [-0.25, -0.2) is 0 Å². The van der Waals surface area contributed by atoms with Crippen LogP contribution in [0, 0.1) is 3.57 Å². The number of ether oxygens (including phenoxy) is 1. The van der Waals surface area contributed by atoms with Gasteiger partial charge in [0.1, 0.15) is 18.1 Å². The van der Waals surface area contributed by atoms with Crippen LogP contribution < -0.4 is 4.74 Å². The highest BCUT2D eigenvalue weighted by Gasteiger charge is 2.06. The van der Waals surface area contributed by atoms with E-state index in [0.717, 1.165) is 9.13 Å². The molecule has 0 unspecified atom stereocenters. The molecule has 2 aromatic rings. The minimum atomic E-state index is 0.0453. The molecule has 19 heavy (non-hydrogen) atoms. The Bertz CT molecular complexity index is 608. The Morgan fingerprint density at radius 3 is 2.68 bits per heavy atom. The number of Topliss-reactive ketones (excluding diaryl/α,β-unsaturated/α-hetero) is 1. The topological polar surface area (TPSA) is 46.5 Å². The number of ketones is 1. The summed E-state index contributed by atoms with van der Waals surface area (Å²) in [6.45, 7) is 1.93. The van der Waals surface area contributed by atoms with Gasteiger partial charge in [0, 0.05) is 9.13 Å². The Morgan fingerprint density at radius 2 is 2.05 bits per heavy atom. The maximum atomic E-state index is 11.3. The number of carbonyl (C=O) groups excluding carboxylic acids is 1. The van der Waals surface area contributed by atoms with Crippen LogP contribution in [-0.2, 0) is 6.61 Å². The van der Waals surface area contributed by atoms with Crippen molar-refractivity contribution in [2.24, 2.45) is 0 Å². The number of hydrogen-bond acceptors (Lipinski definition) is 3. The Kier molecular flexibility index (Phi) is 4.42. The van der Waals surface area contributed by atoms with E-state index in [9.17, 15) is 9.90 Å². The molecule has 0 fully saturated rings. The van der Waals surface area contributed by atoms with Gasteiger partial charge in [-0.1, -0.05) is 12.1 Å². The summed E-state index contributed by atoms with van der Waals surface area (Å²) in [5.41, 5.74) is 1.59.